The maximum absolute atomic E-state index is 13.3. The lowest BCUT2D eigenvalue weighted by molar-refractivity contribution is -0.143. The summed E-state index contributed by atoms with van der Waals surface area (Å²) in [7, 11) is 1.59. The molecule has 1 spiro atoms. The topological polar surface area (TPSA) is 87.7 Å². The molecular formula is C20H25N3O4. The van der Waals surface area contributed by atoms with Crippen molar-refractivity contribution < 1.29 is 19.1 Å². The van der Waals surface area contributed by atoms with Crippen LogP contribution in [0.1, 0.15) is 31.4 Å². The number of nitrogens with one attached hydrogen (secondary N) is 2. The Bertz CT molecular complexity index is 823. The molecule has 0 aliphatic carbocycles. The number of amides is 3. The number of carbonyl (C=O) groups is 3. The fourth-order valence-electron chi connectivity index (χ4n) is 4.88. The molecule has 0 saturated carbocycles. The predicted molar refractivity (Wildman–Crippen MR) is 98.9 cm³/mol. The van der Waals surface area contributed by atoms with Crippen LogP contribution in [0.5, 0.6) is 0 Å². The molecule has 0 bridgehead atoms. The van der Waals surface area contributed by atoms with Gasteiger partial charge in [-0.15, -0.1) is 0 Å². The number of carbonyl (C=O) groups excluding carboxylic acids is 3. The molecule has 3 heterocycles. The van der Waals surface area contributed by atoms with Gasteiger partial charge in [0.25, 0.3) is 0 Å². The quantitative estimate of drug-likeness (QED) is 0.596. The summed E-state index contributed by atoms with van der Waals surface area (Å²) in [6, 6.07) is 5.59. The molecule has 4 unspecified atom stereocenters. The summed E-state index contributed by atoms with van der Waals surface area (Å²) in [6.45, 7) is 4.73. The number of ether oxygens (including phenoxy) is 1. The van der Waals surface area contributed by atoms with Crippen molar-refractivity contribution in [1.29, 1.82) is 0 Å². The Labute approximate surface area is 158 Å². The highest BCUT2D eigenvalue weighted by molar-refractivity contribution is 6.15. The van der Waals surface area contributed by atoms with Crippen LogP contribution in [-0.4, -0.2) is 48.9 Å². The van der Waals surface area contributed by atoms with Crippen molar-refractivity contribution in [2.45, 2.75) is 38.3 Å². The second-order valence-electron chi connectivity index (χ2n) is 7.61. The predicted octanol–water partition coefficient (Wildman–Crippen LogP) is 1.03. The zero-order valence-electron chi connectivity index (χ0n) is 15.9. The van der Waals surface area contributed by atoms with Gasteiger partial charge in [0, 0.05) is 37.6 Å². The summed E-state index contributed by atoms with van der Waals surface area (Å²) in [5.74, 6) is -1.93. The summed E-state index contributed by atoms with van der Waals surface area (Å²) in [6.07, 6.45) is 1.42. The molecule has 2 N–H and O–H groups in total. The number of aryl methyl sites for hydroxylation is 1. The SMILES string of the molecule is CCc1ccc2c(c1)C1(NC(C)C3C(=O)N(CCCOC)C(=O)C31)C(=O)N2. The number of imide groups is 1. The number of rotatable bonds is 5. The number of likely N-dealkylation sites (tertiary alicyclic amines) is 1. The zero-order chi connectivity index (χ0) is 19.3. The molecule has 7 nitrogen and oxygen atoms in total. The van der Waals surface area contributed by atoms with E-state index in [9.17, 15) is 14.4 Å². The molecule has 2 saturated heterocycles. The Morgan fingerprint density at radius 3 is 2.70 bits per heavy atom. The average molecular weight is 371 g/mol. The first kappa shape index (κ1) is 18.1. The van der Waals surface area contributed by atoms with Crippen molar-refractivity contribution in [3.8, 4) is 0 Å². The molecule has 4 atom stereocenters. The lowest BCUT2D eigenvalue weighted by atomic mass is 9.76. The summed E-state index contributed by atoms with van der Waals surface area (Å²) in [5.41, 5.74) is 1.42. The van der Waals surface area contributed by atoms with E-state index in [1.165, 1.54) is 4.90 Å². The van der Waals surface area contributed by atoms with E-state index in [1.54, 1.807) is 7.11 Å². The van der Waals surface area contributed by atoms with Gasteiger partial charge < -0.3 is 10.1 Å². The number of fused-ring (bicyclic) bond motifs is 4. The molecule has 3 amide bonds. The van der Waals surface area contributed by atoms with Crippen molar-refractivity contribution >= 4 is 23.4 Å². The van der Waals surface area contributed by atoms with Gasteiger partial charge in [-0.25, -0.2) is 0 Å². The summed E-state index contributed by atoms with van der Waals surface area (Å²) < 4.78 is 5.04. The first-order chi connectivity index (χ1) is 13.0. The lowest BCUT2D eigenvalue weighted by Crippen LogP contribution is -2.53. The lowest BCUT2D eigenvalue weighted by Gasteiger charge is -2.29. The highest BCUT2D eigenvalue weighted by Gasteiger charge is 2.69. The second-order valence-corrected chi connectivity index (χ2v) is 7.61. The largest absolute Gasteiger partial charge is 0.385 e. The number of anilines is 1. The van der Waals surface area contributed by atoms with Gasteiger partial charge in [0.1, 0.15) is 5.54 Å². The van der Waals surface area contributed by atoms with Gasteiger partial charge in [0.05, 0.1) is 11.8 Å². The molecule has 4 rings (SSSR count). The molecule has 0 aromatic heterocycles. The molecule has 144 valence electrons. The van der Waals surface area contributed by atoms with Crippen LogP contribution in [0.3, 0.4) is 0 Å². The molecule has 0 radical (unpaired) electrons. The maximum atomic E-state index is 13.3. The van der Waals surface area contributed by atoms with E-state index in [0.29, 0.717) is 19.6 Å². The molecule has 2 fully saturated rings. The van der Waals surface area contributed by atoms with Crippen molar-refractivity contribution in [3.63, 3.8) is 0 Å². The number of hydrogen-bond acceptors (Lipinski definition) is 5. The molecule has 3 aliphatic rings. The third kappa shape index (κ3) is 2.38. The van der Waals surface area contributed by atoms with Crippen LogP contribution in [0.25, 0.3) is 0 Å². The smallest absolute Gasteiger partial charge is 0.250 e. The van der Waals surface area contributed by atoms with Gasteiger partial charge in [0.2, 0.25) is 17.7 Å². The van der Waals surface area contributed by atoms with Crippen molar-refractivity contribution in [2.75, 3.05) is 25.6 Å². The number of hydrogen-bond donors (Lipinski definition) is 2. The Morgan fingerprint density at radius 2 is 2.00 bits per heavy atom. The highest BCUT2D eigenvalue weighted by Crippen LogP contribution is 2.52. The third-order valence-corrected chi connectivity index (χ3v) is 6.16. The van der Waals surface area contributed by atoms with Gasteiger partial charge >= 0.3 is 0 Å². The molecule has 1 aromatic carbocycles. The zero-order valence-corrected chi connectivity index (χ0v) is 15.9. The Morgan fingerprint density at radius 1 is 1.22 bits per heavy atom. The van der Waals surface area contributed by atoms with Crippen LogP contribution >= 0.6 is 0 Å². The monoisotopic (exact) mass is 371 g/mol. The highest BCUT2D eigenvalue weighted by atomic mass is 16.5. The average Bonchev–Trinajstić information content (AvgIpc) is 3.21. The van der Waals surface area contributed by atoms with E-state index < -0.39 is 17.4 Å². The van der Waals surface area contributed by atoms with E-state index in [0.717, 1.165) is 23.2 Å². The van der Waals surface area contributed by atoms with Crippen LogP contribution in [0.4, 0.5) is 5.69 Å². The summed E-state index contributed by atoms with van der Waals surface area (Å²) in [4.78, 5) is 40.6. The van der Waals surface area contributed by atoms with Crippen LogP contribution in [-0.2, 0) is 31.1 Å². The molecule has 1 aromatic rings. The van der Waals surface area contributed by atoms with Crippen molar-refractivity contribution in [3.05, 3.63) is 29.3 Å². The molecule has 27 heavy (non-hydrogen) atoms. The van der Waals surface area contributed by atoms with Gasteiger partial charge in [-0.1, -0.05) is 19.1 Å². The van der Waals surface area contributed by atoms with Gasteiger partial charge in [-0.2, -0.15) is 0 Å². The minimum atomic E-state index is -1.17. The van der Waals surface area contributed by atoms with Crippen molar-refractivity contribution in [1.82, 2.24) is 10.2 Å². The van der Waals surface area contributed by atoms with Crippen LogP contribution in [0.15, 0.2) is 18.2 Å². The van der Waals surface area contributed by atoms with E-state index in [-0.39, 0.29) is 23.8 Å². The number of nitrogens with zero attached hydrogens (tertiary/aromatic N) is 1. The van der Waals surface area contributed by atoms with E-state index in [1.807, 2.05) is 32.0 Å². The number of methoxy groups -OCH3 is 1. The summed E-state index contributed by atoms with van der Waals surface area (Å²) >= 11 is 0. The van der Waals surface area contributed by atoms with Crippen molar-refractivity contribution in [2.24, 2.45) is 11.8 Å². The first-order valence-corrected chi connectivity index (χ1v) is 9.52. The van der Waals surface area contributed by atoms with E-state index in [4.69, 9.17) is 4.74 Å². The fraction of sp³-hybridized carbons (Fsp3) is 0.550. The standard InChI is InChI=1S/C20H25N3O4/c1-4-12-6-7-14-13(10-12)20(19(26)21-14)16-15(11(2)22-20)17(24)23(18(16)25)8-5-9-27-3/h6-7,10-11,15-16,22H,4-5,8-9H2,1-3H3,(H,21,26). The Balaban J connectivity index is 1.77. The van der Waals surface area contributed by atoms with Gasteiger partial charge in [-0.3, -0.25) is 24.6 Å². The number of benzene rings is 1. The van der Waals surface area contributed by atoms with Gasteiger partial charge in [0.15, 0.2) is 0 Å². The van der Waals surface area contributed by atoms with Crippen LogP contribution in [0.2, 0.25) is 0 Å². The minimum absolute atomic E-state index is 0.189. The maximum Gasteiger partial charge on any atom is 0.250 e. The second kappa shape index (κ2) is 6.42. The third-order valence-electron chi connectivity index (χ3n) is 6.16. The van der Waals surface area contributed by atoms with E-state index in [2.05, 4.69) is 10.6 Å². The molecule has 3 aliphatic heterocycles. The van der Waals surface area contributed by atoms with Crippen LogP contribution in [0, 0.1) is 11.8 Å². The fourth-order valence-corrected chi connectivity index (χ4v) is 4.88. The molecule has 7 heteroatoms. The Kier molecular flexibility index (Phi) is 4.31. The molecular weight excluding hydrogens is 346 g/mol. The summed E-state index contributed by atoms with van der Waals surface area (Å²) in [5, 5.41) is 6.25. The Hall–Kier alpha value is -2.25. The minimum Gasteiger partial charge on any atom is -0.385 e. The first-order valence-electron chi connectivity index (χ1n) is 9.52. The van der Waals surface area contributed by atoms with E-state index >= 15 is 0 Å². The normalized spacial score (nSPS) is 31.6. The van der Waals surface area contributed by atoms with Gasteiger partial charge in [-0.05, 0) is 31.4 Å². The van der Waals surface area contributed by atoms with Crippen LogP contribution < -0.4 is 10.6 Å².